The highest BCUT2D eigenvalue weighted by atomic mass is 16.5. The molecule has 0 aromatic rings. The SMILES string of the molecule is CC(C)CN(CCC#N)C1CCOC2(CCOCC2)C1. The monoisotopic (exact) mass is 280 g/mol. The van der Waals surface area contributed by atoms with Crippen molar-refractivity contribution < 1.29 is 9.47 Å². The molecule has 1 unspecified atom stereocenters. The number of nitriles is 1. The highest BCUT2D eigenvalue weighted by molar-refractivity contribution is 4.93. The second-order valence-electron chi connectivity index (χ2n) is 6.59. The standard InChI is InChI=1S/C16H28N2O2/c1-14(2)13-18(8-3-7-17)15-4-9-20-16(12-15)5-10-19-11-6-16/h14-15H,3-6,8-13H2,1-2H3. The normalized spacial score (nSPS) is 26.1. The molecule has 20 heavy (non-hydrogen) atoms. The zero-order chi connectivity index (χ0) is 14.4. The Bertz CT molecular complexity index is 326. The Morgan fingerprint density at radius 2 is 2.05 bits per heavy atom. The van der Waals surface area contributed by atoms with Gasteiger partial charge in [0.25, 0.3) is 0 Å². The van der Waals surface area contributed by atoms with Crippen molar-refractivity contribution in [2.45, 2.75) is 57.6 Å². The summed E-state index contributed by atoms with van der Waals surface area (Å²) >= 11 is 0. The fourth-order valence-corrected chi connectivity index (χ4v) is 3.49. The molecule has 2 rings (SSSR count). The zero-order valence-electron chi connectivity index (χ0n) is 12.9. The summed E-state index contributed by atoms with van der Waals surface area (Å²) in [5, 5.41) is 8.87. The first-order valence-corrected chi connectivity index (χ1v) is 7.98. The number of hydrogen-bond acceptors (Lipinski definition) is 4. The minimum Gasteiger partial charge on any atom is -0.381 e. The molecule has 0 aromatic carbocycles. The van der Waals surface area contributed by atoms with Crippen LogP contribution in [-0.4, -0.2) is 49.5 Å². The van der Waals surface area contributed by atoms with Crippen LogP contribution in [0, 0.1) is 17.2 Å². The van der Waals surface area contributed by atoms with Crippen LogP contribution in [0.4, 0.5) is 0 Å². The van der Waals surface area contributed by atoms with Crippen LogP contribution in [0.2, 0.25) is 0 Å². The van der Waals surface area contributed by atoms with Crippen LogP contribution in [-0.2, 0) is 9.47 Å². The molecule has 0 bridgehead atoms. The number of hydrogen-bond donors (Lipinski definition) is 0. The number of ether oxygens (including phenoxy) is 2. The maximum absolute atomic E-state index is 8.87. The van der Waals surface area contributed by atoms with Crippen molar-refractivity contribution in [2.75, 3.05) is 32.9 Å². The highest BCUT2D eigenvalue weighted by Crippen LogP contribution is 2.36. The van der Waals surface area contributed by atoms with Gasteiger partial charge in [-0.2, -0.15) is 5.26 Å². The Morgan fingerprint density at radius 1 is 1.30 bits per heavy atom. The zero-order valence-corrected chi connectivity index (χ0v) is 12.9. The van der Waals surface area contributed by atoms with E-state index in [1.807, 2.05) is 0 Å². The van der Waals surface area contributed by atoms with E-state index in [9.17, 15) is 0 Å². The molecular weight excluding hydrogens is 252 g/mol. The molecule has 0 N–H and O–H groups in total. The maximum atomic E-state index is 8.87. The van der Waals surface area contributed by atoms with Crippen LogP contribution in [0.25, 0.3) is 0 Å². The van der Waals surface area contributed by atoms with Crippen LogP contribution in [0.15, 0.2) is 0 Å². The summed E-state index contributed by atoms with van der Waals surface area (Å²) in [6.45, 7) is 8.99. The van der Waals surface area contributed by atoms with Crippen molar-refractivity contribution in [3.8, 4) is 6.07 Å². The average molecular weight is 280 g/mol. The fraction of sp³-hybridized carbons (Fsp3) is 0.938. The van der Waals surface area contributed by atoms with E-state index in [0.29, 0.717) is 18.4 Å². The molecule has 0 saturated carbocycles. The van der Waals surface area contributed by atoms with E-state index in [-0.39, 0.29) is 5.60 Å². The third-order valence-electron chi connectivity index (χ3n) is 4.50. The molecule has 2 fully saturated rings. The molecule has 0 aliphatic carbocycles. The lowest BCUT2D eigenvalue weighted by Crippen LogP contribution is -2.51. The predicted octanol–water partition coefficient (Wildman–Crippen LogP) is 2.59. The minimum absolute atomic E-state index is 0.0447. The van der Waals surface area contributed by atoms with Crippen LogP contribution in [0.5, 0.6) is 0 Å². The van der Waals surface area contributed by atoms with E-state index in [1.54, 1.807) is 0 Å². The third-order valence-corrected chi connectivity index (χ3v) is 4.50. The van der Waals surface area contributed by atoms with Crippen LogP contribution >= 0.6 is 0 Å². The molecule has 2 saturated heterocycles. The summed E-state index contributed by atoms with van der Waals surface area (Å²) in [4.78, 5) is 2.52. The molecule has 1 atom stereocenters. The lowest BCUT2D eigenvalue weighted by molar-refractivity contribution is -0.151. The van der Waals surface area contributed by atoms with Crippen molar-refractivity contribution in [2.24, 2.45) is 5.92 Å². The summed E-state index contributed by atoms with van der Waals surface area (Å²) in [6.07, 6.45) is 4.88. The second-order valence-corrected chi connectivity index (χ2v) is 6.59. The Morgan fingerprint density at radius 3 is 2.70 bits per heavy atom. The van der Waals surface area contributed by atoms with Crippen molar-refractivity contribution in [1.82, 2.24) is 4.90 Å². The van der Waals surface area contributed by atoms with Gasteiger partial charge in [0, 0.05) is 45.4 Å². The van der Waals surface area contributed by atoms with E-state index in [4.69, 9.17) is 14.7 Å². The molecule has 2 heterocycles. The topological polar surface area (TPSA) is 45.5 Å². The van der Waals surface area contributed by atoms with Gasteiger partial charge in [-0.15, -0.1) is 0 Å². The van der Waals surface area contributed by atoms with E-state index in [2.05, 4.69) is 24.8 Å². The van der Waals surface area contributed by atoms with E-state index >= 15 is 0 Å². The lowest BCUT2D eigenvalue weighted by Gasteiger charge is -2.46. The van der Waals surface area contributed by atoms with Gasteiger partial charge in [0.15, 0.2) is 0 Å². The van der Waals surface area contributed by atoms with Crippen molar-refractivity contribution in [3.63, 3.8) is 0 Å². The Kier molecular flexibility index (Phi) is 5.83. The molecule has 0 radical (unpaired) electrons. The van der Waals surface area contributed by atoms with Gasteiger partial charge < -0.3 is 9.47 Å². The summed E-state index contributed by atoms with van der Waals surface area (Å²) in [5.41, 5.74) is 0.0447. The van der Waals surface area contributed by atoms with Gasteiger partial charge in [0.1, 0.15) is 0 Å². The average Bonchev–Trinajstić information content (AvgIpc) is 2.44. The molecule has 1 spiro atoms. The molecule has 4 nitrogen and oxygen atoms in total. The quantitative estimate of drug-likeness (QED) is 0.776. The van der Waals surface area contributed by atoms with Crippen LogP contribution < -0.4 is 0 Å². The highest BCUT2D eigenvalue weighted by Gasteiger charge is 2.40. The molecular formula is C16H28N2O2. The Labute approximate surface area is 123 Å². The molecule has 2 aliphatic rings. The molecule has 0 aromatic heterocycles. The molecule has 0 amide bonds. The first-order valence-electron chi connectivity index (χ1n) is 7.98. The summed E-state index contributed by atoms with van der Waals surface area (Å²) < 4.78 is 11.6. The first kappa shape index (κ1) is 15.8. The fourth-order valence-electron chi connectivity index (χ4n) is 3.49. The Balaban J connectivity index is 1.98. The molecule has 2 aliphatic heterocycles. The van der Waals surface area contributed by atoms with Gasteiger partial charge in [0.05, 0.1) is 11.7 Å². The largest absolute Gasteiger partial charge is 0.381 e. The van der Waals surface area contributed by atoms with Gasteiger partial charge in [-0.25, -0.2) is 0 Å². The van der Waals surface area contributed by atoms with Crippen LogP contribution in [0.3, 0.4) is 0 Å². The maximum Gasteiger partial charge on any atom is 0.0741 e. The van der Waals surface area contributed by atoms with E-state index in [1.165, 1.54) is 0 Å². The predicted molar refractivity (Wildman–Crippen MR) is 78.4 cm³/mol. The first-order chi connectivity index (χ1) is 9.65. The van der Waals surface area contributed by atoms with Gasteiger partial charge >= 0.3 is 0 Å². The minimum atomic E-state index is 0.0447. The van der Waals surface area contributed by atoms with Gasteiger partial charge in [-0.3, -0.25) is 4.90 Å². The summed E-state index contributed by atoms with van der Waals surface area (Å²) in [5.74, 6) is 0.641. The van der Waals surface area contributed by atoms with Gasteiger partial charge in [-0.1, -0.05) is 13.8 Å². The molecule has 4 heteroatoms. The van der Waals surface area contributed by atoms with Crippen molar-refractivity contribution in [1.29, 1.82) is 5.26 Å². The van der Waals surface area contributed by atoms with Gasteiger partial charge in [-0.05, 0) is 31.6 Å². The van der Waals surface area contributed by atoms with Crippen molar-refractivity contribution in [3.05, 3.63) is 0 Å². The third kappa shape index (κ3) is 4.18. The van der Waals surface area contributed by atoms with Crippen molar-refractivity contribution >= 4 is 0 Å². The van der Waals surface area contributed by atoms with Gasteiger partial charge in [0.2, 0.25) is 0 Å². The number of nitrogens with zero attached hydrogens (tertiary/aromatic N) is 2. The summed E-state index contributed by atoms with van der Waals surface area (Å²) in [7, 11) is 0. The second kappa shape index (κ2) is 7.40. The lowest BCUT2D eigenvalue weighted by atomic mass is 9.83. The van der Waals surface area contributed by atoms with E-state index in [0.717, 1.165) is 58.6 Å². The summed E-state index contributed by atoms with van der Waals surface area (Å²) in [6, 6.07) is 2.86. The number of rotatable bonds is 5. The van der Waals surface area contributed by atoms with E-state index < -0.39 is 0 Å². The Hall–Kier alpha value is -0.630. The molecule has 114 valence electrons. The van der Waals surface area contributed by atoms with Crippen LogP contribution in [0.1, 0.15) is 46.0 Å². The smallest absolute Gasteiger partial charge is 0.0741 e.